The van der Waals surface area contributed by atoms with Crippen LogP contribution < -0.4 is 4.74 Å². The number of ether oxygens (including phenoxy) is 2. The molecule has 3 heterocycles. The van der Waals surface area contributed by atoms with E-state index in [0.29, 0.717) is 32.5 Å². The molecule has 5 rings (SSSR count). The van der Waals surface area contributed by atoms with Crippen LogP contribution in [0.5, 0.6) is 5.75 Å². The third-order valence-electron chi connectivity index (χ3n) is 6.10. The van der Waals surface area contributed by atoms with E-state index >= 15 is 0 Å². The fraction of sp³-hybridized carbons (Fsp3) is 0.360. The average molecular weight is 402 g/mol. The van der Waals surface area contributed by atoms with Crippen LogP contribution in [0, 0.1) is 5.92 Å². The maximum atomic E-state index is 12.3. The summed E-state index contributed by atoms with van der Waals surface area (Å²) in [6.07, 6.45) is 3.31. The molecular weight excluding hydrogens is 376 g/mol. The van der Waals surface area contributed by atoms with Gasteiger partial charge in [-0.3, -0.25) is 9.78 Å². The predicted octanol–water partition coefficient (Wildman–Crippen LogP) is 4.79. The fourth-order valence-electron chi connectivity index (χ4n) is 4.32. The second-order valence-electron chi connectivity index (χ2n) is 8.52. The van der Waals surface area contributed by atoms with E-state index in [-0.39, 0.29) is 11.8 Å². The number of carbonyl (C=O) groups excluding carboxylic acids is 1. The molecule has 2 aromatic carbocycles. The predicted molar refractivity (Wildman–Crippen MR) is 116 cm³/mol. The number of fused-ring (bicyclic) bond motifs is 2. The highest BCUT2D eigenvalue weighted by Crippen LogP contribution is 2.39. The molecule has 0 N–H and O–H groups in total. The van der Waals surface area contributed by atoms with Gasteiger partial charge in [-0.15, -0.1) is 0 Å². The summed E-state index contributed by atoms with van der Waals surface area (Å²) in [5, 5.41) is 1.13. The van der Waals surface area contributed by atoms with Gasteiger partial charge in [0.2, 0.25) is 11.7 Å². The lowest BCUT2D eigenvalue weighted by molar-refractivity contribution is -0.228. The Morgan fingerprint density at radius 2 is 1.87 bits per heavy atom. The molecule has 5 nitrogen and oxygen atoms in total. The van der Waals surface area contributed by atoms with Gasteiger partial charge < -0.3 is 14.4 Å². The number of carbonyl (C=O) groups is 1. The van der Waals surface area contributed by atoms with Gasteiger partial charge in [-0.05, 0) is 29.8 Å². The second-order valence-corrected chi connectivity index (χ2v) is 8.52. The van der Waals surface area contributed by atoms with Crippen molar-refractivity contribution in [2.75, 3.05) is 13.1 Å². The Kier molecular flexibility index (Phi) is 4.70. The highest BCUT2D eigenvalue weighted by Gasteiger charge is 2.42. The largest absolute Gasteiger partial charge is 0.462 e. The Bertz CT molecular complexity index is 1100. The first-order chi connectivity index (χ1) is 14.5. The minimum atomic E-state index is -0.618. The number of likely N-dealkylation sites (tertiary alicyclic amines) is 1. The fourth-order valence-corrected chi connectivity index (χ4v) is 4.32. The molecule has 2 aliphatic rings. The van der Waals surface area contributed by atoms with E-state index in [1.54, 1.807) is 0 Å². The van der Waals surface area contributed by atoms with Crippen molar-refractivity contribution in [3.8, 4) is 16.9 Å². The van der Waals surface area contributed by atoms with Crippen molar-refractivity contribution in [1.29, 1.82) is 0 Å². The van der Waals surface area contributed by atoms with Crippen LogP contribution in [-0.4, -0.2) is 34.7 Å². The monoisotopic (exact) mass is 402 g/mol. The van der Waals surface area contributed by atoms with Crippen molar-refractivity contribution in [2.45, 2.75) is 39.1 Å². The van der Waals surface area contributed by atoms with Crippen LogP contribution in [0.1, 0.15) is 32.3 Å². The quantitative estimate of drug-likeness (QED) is 0.619. The molecule has 30 heavy (non-hydrogen) atoms. The Labute approximate surface area is 176 Å². The van der Waals surface area contributed by atoms with Crippen LogP contribution in [0.4, 0.5) is 0 Å². The molecule has 0 atom stereocenters. The first-order valence-corrected chi connectivity index (χ1v) is 10.6. The minimum absolute atomic E-state index is 0.0241. The summed E-state index contributed by atoms with van der Waals surface area (Å²) in [6.45, 7) is 5.75. The third kappa shape index (κ3) is 3.43. The van der Waals surface area contributed by atoms with Gasteiger partial charge in [-0.1, -0.05) is 38.1 Å². The molecule has 0 bridgehead atoms. The van der Waals surface area contributed by atoms with E-state index in [4.69, 9.17) is 9.47 Å². The average Bonchev–Trinajstić information content (AvgIpc) is 2.78. The molecule has 2 aliphatic heterocycles. The van der Waals surface area contributed by atoms with Crippen LogP contribution in [0.3, 0.4) is 0 Å². The summed E-state index contributed by atoms with van der Waals surface area (Å²) in [6, 6.07) is 16.5. The first kappa shape index (κ1) is 19.1. The number of hydrogen-bond acceptors (Lipinski definition) is 4. The number of amides is 1. The Morgan fingerprint density at radius 1 is 1.07 bits per heavy atom. The number of benzene rings is 2. The van der Waals surface area contributed by atoms with Gasteiger partial charge in [-0.25, -0.2) is 0 Å². The van der Waals surface area contributed by atoms with Crippen LogP contribution in [0.15, 0.2) is 54.7 Å². The smallest absolute Gasteiger partial charge is 0.225 e. The molecule has 5 heteroatoms. The number of nitrogens with zero attached hydrogens (tertiary/aromatic N) is 2. The van der Waals surface area contributed by atoms with Crippen LogP contribution in [0.2, 0.25) is 0 Å². The van der Waals surface area contributed by atoms with Crippen LogP contribution >= 0.6 is 0 Å². The van der Waals surface area contributed by atoms with Gasteiger partial charge in [-0.2, -0.15) is 0 Å². The van der Waals surface area contributed by atoms with Crippen molar-refractivity contribution in [2.24, 2.45) is 5.92 Å². The van der Waals surface area contributed by atoms with Crippen LogP contribution in [-0.2, 0) is 16.1 Å². The minimum Gasteiger partial charge on any atom is -0.462 e. The van der Waals surface area contributed by atoms with Gasteiger partial charge in [0, 0.05) is 54.6 Å². The highest BCUT2D eigenvalue weighted by atomic mass is 16.7. The summed E-state index contributed by atoms with van der Waals surface area (Å²) in [5.74, 6) is 0.486. The first-order valence-electron chi connectivity index (χ1n) is 10.6. The van der Waals surface area contributed by atoms with E-state index in [9.17, 15) is 4.79 Å². The molecule has 154 valence electrons. The number of pyridine rings is 1. The molecular formula is C25H26N2O3. The maximum absolute atomic E-state index is 12.3. The lowest BCUT2D eigenvalue weighted by Gasteiger charge is -2.44. The van der Waals surface area contributed by atoms with Crippen LogP contribution in [0.25, 0.3) is 22.0 Å². The number of piperidine rings is 1. The van der Waals surface area contributed by atoms with Crippen molar-refractivity contribution in [3.63, 3.8) is 0 Å². The zero-order valence-electron chi connectivity index (χ0n) is 17.4. The Morgan fingerprint density at radius 3 is 2.67 bits per heavy atom. The van der Waals surface area contributed by atoms with E-state index in [2.05, 4.69) is 29.2 Å². The van der Waals surface area contributed by atoms with Crippen molar-refractivity contribution in [1.82, 2.24) is 9.88 Å². The summed E-state index contributed by atoms with van der Waals surface area (Å²) in [5.41, 5.74) is 4.23. The number of para-hydroxylation sites is 1. The normalized spacial score (nSPS) is 17.8. The van der Waals surface area contributed by atoms with Gasteiger partial charge in [0.15, 0.2) is 0 Å². The van der Waals surface area contributed by atoms with Crippen molar-refractivity contribution >= 4 is 16.8 Å². The van der Waals surface area contributed by atoms with E-state index < -0.39 is 5.79 Å². The Balaban J connectivity index is 1.34. The van der Waals surface area contributed by atoms with E-state index in [0.717, 1.165) is 33.3 Å². The van der Waals surface area contributed by atoms with Gasteiger partial charge in [0.05, 0.1) is 12.1 Å². The molecule has 1 saturated heterocycles. The topological polar surface area (TPSA) is 51.7 Å². The molecule has 3 aromatic rings. The molecule has 0 aliphatic carbocycles. The van der Waals surface area contributed by atoms with Gasteiger partial charge >= 0.3 is 0 Å². The van der Waals surface area contributed by atoms with E-state index in [1.165, 1.54) is 0 Å². The molecule has 1 fully saturated rings. The molecule has 0 unspecified atom stereocenters. The summed E-state index contributed by atoms with van der Waals surface area (Å²) < 4.78 is 12.5. The third-order valence-corrected chi connectivity index (χ3v) is 6.10. The van der Waals surface area contributed by atoms with Crippen molar-refractivity contribution in [3.05, 3.63) is 60.3 Å². The zero-order chi connectivity index (χ0) is 20.7. The number of hydrogen-bond donors (Lipinski definition) is 0. The van der Waals surface area contributed by atoms with Gasteiger partial charge in [0.25, 0.3) is 0 Å². The summed E-state index contributed by atoms with van der Waals surface area (Å²) in [4.78, 5) is 18.8. The standard InChI is InChI=1S/C25H26N2O3/c1-17(2)24(28)27-11-9-25(10-12-27)29-16-21-13-18(7-8-23(21)30-25)20-14-19-5-3-4-6-22(19)26-15-20/h3-8,13-15,17H,9-12,16H2,1-2H3. The number of aromatic nitrogens is 1. The maximum Gasteiger partial charge on any atom is 0.225 e. The van der Waals surface area contributed by atoms with E-state index in [1.807, 2.05) is 49.2 Å². The Hall–Kier alpha value is -2.92. The van der Waals surface area contributed by atoms with Crippen molar-refractivity contribution < 1.29 is 14.3 Å². The molecule has 0 saturated carbocycles. The molecule has 1 spiro atoms. The lowest BCUT2D eigenvalue weighted by Crippen LogP contribution is -2.53. The zero-order valence-corrected chi connectivity index (χ0v) is 17.4. The SMILES string of the molecule is CC(C)C(=O)N1CCC2(CC1)OCc1cc(-c3cnc4ccccc4c3)ccc1O2. The van der Waals surface area contributed by atoms with Gasteiger partial charge in [0.1, 0.15) is 5.75 Å². The lowest BCUT2D eigenvalue weighted by atomic mass is 9.98. The summed E-state index contributed by atoms with van der Waals surface area (Å²) >= 11 is 0. The second kappa shape index (κ2) is 7.40. The molecule has 0 radical (unpaired) electrons. The number of rotatable bonds is 2. The highest BCUT2D eigenvalue weighted by molar-refractivity contribution is 5.83. The molecule has 1 amide bonds. The molecule has 1 aromatic heterocycles. The summed E-state index contributed by atoms with van der Waals surface area (Å²) in [7, 11) is 0.